The third-order valence-electron chi connectivity index (χ3n) is 6.72. The highest BCUT2D eigenvalue weighted by Gasteiger charge is 2.33. The fraction of sp³-hybridized carbons (Fsp3) is 0.323. The molecule has 39 heavy (non-hydrogen) atoms. The maximum absolute atomic E-state index is 13.5. The number of hydrogen-bond donors (Lipinski definition) is 2. The third kappa shape index (κ3) is 6.51. The van der Waals surface area contributed by atoms with Crippen molar-refractivity contribution in [1.82, 2.24) is 4.90 Å². The van der Waals surface area contributed by atoms with Crippen molar-refractivity contribution in [3.05, 3.63) is 89.5 Å². The average molecular weight is 548 g/mol. The summed E-state index contributed by atoms with van der Waals surface area (Å²) in [6.45, 7) is 12.5. The fourth-order valence-electron chi connectivity index (χ4n) is 4.72. The van der Waals surface area contributed by atoms with Crippen LogP contribution in [-0.4, -0.2) is 36.6 Å². The van der Waals surface area contributed by atoms with E-state index in [4.69, 9.17) is 9.05 Å². The molecule has 1 heterocycles. The predicted molar refractivity (Wildman–Crippen MR) is 160 cm³/mol. The number of amides is 1. The minimum Gasteiger partial charge on any atom is -0.354 e. The lowest BCUT2D eigenvalue weighted by Gasteiger charge is -2.24. The monoisotopic (exact) mass is 547 g/mol. The van der Waals surface area contributed by atoms with Gasteiger partial charge in [-0.2, -0.15) is 0 Å². The number of nitrogens with one attached hydrogen (secondary N) is 2. The Morgan fingerprint density at radius 3 is 2.21 bits per heavy atom. The zero-order valence-corrected chi connectivity index (χ0v) is 24.3. The topological polar surface area (TPSA) is 79.9 Å². The van der Waals surface area contributed by atoms with Gasteiger partial charge in [-0.3, -0.25) is 14.3 Å². The van der Waals surface area contributed by atoms with E-state index < -0.39 is 7.60 Å². The number of fused-ring (bicyclic) bond motifs is 1. The van der Waals surface area contributed by atoms with Crippen molar-refractivity contribution in [2.45, 2.75) is 47.2 Å². The van der Waals surface area contributed by atoms with Gasteiger partial charge in [0.25, 0.3) is 5.91 Å². The molecule has 1 aliphatic heterocycles. The van der Waals surface area contributed by atoms with E-state index in [1.807, 2.05) is 42.5 Å². The minimum absolute atomic E-state index is 0.233. The van der Waals surface area contributed by atoms with E-state index in [0.717, 1.165) is 24.3 Å². The van der Waals surface area contributed by atoms with Gasteiger partial charge in [0.1, 0.15) is 0 Å². The molecule has 0 aromatic heterocycles. The quantitative estimate of drug-likeness (QED) is 0.193. The molecule has 8 heteroatoms. The van der Waals surface area contributed by atoms with Gasteiger partial charge in [-0.15, -0.1) is 0 Å². The molecule has 7 nitrogen and oxygen atoms in total. The second-order valence-corrected chi connectivity index (χ2v) is 11.6. The van der Waals surface area contributed by atoms with E-state index in [1.165, 1.54) is 5.56 Å². The molecule has 1 amide bonds. The minimum atomic E-state index is -3.53. The Hall–Kier alpha value is -3.22. The van der Waals surface area contributed by atoms with Gasteiger partial charge in [0.2, 0.25) is 0 Å². The summed E-state index contributed by atoms with van der Waals surface area (Å²) < 4.78 is 24.7. The SMILES string of the molecule is CCOP(=O)(OCC)c1ccc2c(c1)/C(=C(/Nc1ccc(CN(CC)C(C)C)cc1)c1ccccc1)C(=O)N2. The normalized spacial score (nSPS) is 14.5. The lowest BCUT2D eigenvalue weighted by atomic mass is 10.00. The summed E-state index contributed by atoms with van der Waals surface area (Å²) >= 11 is 0. The first-order valence-corrected chi connectivity index (χ1v) is 15.1. The molecular weight excluding hydrogens is 509 g/mol. The second-order valence-electron chi connectivity index (χ2n) is 9.61. The maximum Gasteiger partial charge on any atom is 0.361 e. The summed E-state index contributed by atoms with van der Waals surface area (Å²) in [6.07, 6.45) is 0. The molecule has 0 aliphatic carbocycles. The Bertz CT molecular complexity index is 1360. The number of benzene rings is 3. The zero-order chi connectivity index (χ0) is 28.0. The maximum atomic E-state index is 13.5. The standard InChI is InChI=1S/C31H38N3O4P/c1-6-34(22(4)5)21-23-14-16-25(17-15-23)32-30(24-12-10-9-11-13-24)29-27-20-26(18-19-28(27)33-31(29)35)39(36,37-7-2)38-8-3/h9-20,22,32H,6-8,21H2,1-5H3,(H,33,35)/b30-29-. The van der Waals surface area contributed by atoms with Crippen LogP contribution in [0.3, 0.4) is 0 Å². The predicted octanol–water partition coefficient (Wildman–Crippen LogP) is 6.74. The van der Waals surface area contributed by atoms with Crippen molar-refractivity contribution < 1.29 is 18.4 Å². The zero-order valence-electron chi connectivity index (χ0n) is 23.4. The molecule has 4 rings (SSSR count). The Kier molecular flexibility index (Phi) is 9.41. The van der Waals surface area contributed by atoms with Crippen LogP contribution < -0.4 is 15.9 Å². The fourth-order valence-corrected chi connectivity index (χ4v) is 6.31. The number of anilines is 2. The molecule has 3 aromatic rings. The number of hydrogen-bond acceptors (Lipinski definition) is 6. The first kappa shape index (κ1) is 28.8. The number of carbonyl (C=O) groups is 1. The van der Waals surface area contributed by atoms with Gasteiger partial charge < -0.3 is 19.7 Å². The van der Waals surface area contributed by atoms with Crippen molar-refractivity contribution >= 4 is 41.5 Å². The van der Waals surface area contributed by atoms with Crippen LogP contribution in [0.2, 0.25) is 0 Å². The van der Waals surface area contributed by atoms with Crippen molar-refractivity contribution in [1.29, 1.82) is 0 Å². The lowest BCUT2D eigenvalue weighted by Crippen LogP contribution is -2.29. The summed E-state index contributed by atoms with van der Waals surface area (Å²) in [6, 6.07) is 23.7. The summed E-state index contributed by atoms with van der Waals surface area (Å²) in [5.74, 6) is -0.233. The molecule has 0 saturated heterocycles. The van der Waals surface area contributed by atoms with Crippen molar-refractivity contribution in [2.24, 2.45) is 0 Å². The van der Waals surface area contributed by atoms with Gasteiger partial charge in [0.05, 0.1) is 29.8 Å². The molecule has 206 valence electrons. The summed E-state index contributed by atoms with van der Waals surface area (Å²) in [4.78, 5) is 15.8. The second kappa shape index (κ2) is 12.8. The van der Waals surface area contributed by atoms with E-state index >= 15 is 0 Å². The lowest BCUT2D eigenvalue weighted by molar-refractivity contribution is -0.110. The molecule has 2 N–H and O–H groups in total. The van der Waals surface area contributed by atoms with Crippen molar-refractivity contribution in [3.63, 3.8) is 0 Å². The summed E-state index contributed by atoms with van der Waals surface area (Å²) in [5.41, 5.74) is 5.38. The number of carbonyl (C=O) groups excluding carboxylic acids is 1. The van der Waals surface area contributed by atoms with E-state index in [2.05, 4.69) is 48.4 Å². The Labute approximate surface area is 231 Å². The molecule has 0 bridgehead atoms. The van der Waals surface area contributed by atoms with E-state index in [0.29, 0.717) is 33.9 Å². The molecule has 0 radical (unpaired) electrons. The van der Waals surface area contributed by atoms with Gasteiger partial charge in [-0.05, 0) is 75.7 Å². The van der Waals surface area contributed by atoms with Crippen LogP contribution in [0, 0.1) is 0 Å². The highest BCUT2D eigenvalue weighted by Crippen LogP contribution is 2.48. The Morgan fingerprint density at radius 1 is 0.949 bits per heavy atom. The third-order valence-corrected chi connectivity index (χ3v) is 8.83. The van der Waals surface area contributed by atoms with Crippen LogP contribution >= 0.6 is 7.60 Å². The molecule has 1 aliphatic rings. The Balaban J connectivity index is 1.77. The van der Waals surface area contributed by atoms with Crippen LogP contribution in [0.4, 0.5) is 11.4 Å². The molecule has 0 saturated carbocycles. The summed E-state index contributed by atoms with van der Waals surface area (Å²) in [5, 5.41) is 6.89. The molecule has 0 unspecified atom stereocenters. The van der Waals surface area contributed by atoms with Gasteiger partial charge in [-0.25, -0.2) is 0 Å². The van der Waals surface area contributed by atoms with Crippen molar-refractivity contribution in [3.8, 4) is 0 Å². The number of nitrogens with zero attached hydrogens (tertiary/aromatic N) is 1. The van der Waals surface area contributed by atoms with E-state index in [1.54, 1.807) is 32.0 Å². The smallest absolute Gasteiger partial charge is 0.354 e. The molecule has 0 spiro atoms. The number of rotatable bonds is 12. The molecule has 3 aromatic carbocycles. The highest BCUT2D eigenvalue weighted by molar-refractivity contribution is 7.62. The average Bonchev–Trinajstić information content (AvgIpc) is 3.26. The molecule has 0 atom stereocenters. The Morgan fingerprint density at radius 2 is 1.62 bits per heavy atom. The van der Waals surface area contributed by atoms with Gasteiger partial charge in [-0.1, -0.05) is 49.4 Å². The molecule has 0 fully saturated rings. The summed E-state index contributed by atoms with van der Waals surface area (Å²) in [7, 11) is -3.53. The van der Waals surface area contributed by atoms with Crippen LogP contribution in [0.25, 0.3) is 11.3 Å². The van der Waals surface area contributed by atoms with Gasteiger partial charge in [0, 0.05) is 29.5 Å². The molecular formula is C31H38N3O4P. The van der Waals surface area contributed by atoms with Crippen LogP contribution in [0.15, 0.2) is 72.8 Å². The van der Waals surface area contributed by atoms with E-state index in [9.17, 15) is 9.36 Å². The van der Waals surface area contributed by atoms with Crippen molar-refractivity contribution in [2.75, 3.05) is 30.4 Å². The van der Waals surface area contributed by atoms with E-state index in [-0.39, 0.29) is 19.1 Å². The highest BCUT2D eigenvalue weighted by atomic mass is 31.2. The van der Waals surface area contributed by atoms with Crippen LogP contribution in [0.5, 0.6) is 0 Å². The van der Waals surface area contributed by atoms with Crippen LogP contribution in [-0.2, 0) is 25.0 Å². The van der Waals surface area contributed by atoms with Gasteiger partial charge in [0.15, 0.2) is 0 Å². The van der Waals surface area contributed by atoms with Gasteiger partial charge >= 0.3 is 7.60 Å². The van der Waals surface area contributed by atoms with Crippen LogP contribution in [0.1, 0.15) is 51.3 Å². The largest absolute Gasteiger partial charge is 0.361 e. The first-order valence-electron chi connectivity index (χ1n) is 13.5. The first-order chi connectivity index (χ1) is 18.8.